The van der Waals surface area contributed by atoms with Crippen LogP contribution in [0.3, 0.4) is 0 Å². The molecular formula is C29H34N2O6. The van der Waals surface area contributed by atoms with Crippen molar-refractivity contribution in [2.24, 2.45) is 0 Å². The van der Waals surface area contributed by atoms with E-state index < -0.39 is 17.7 Å². The smallest absolute Gasteiger partial charge is 0.295 e. The summed E-state index contributed by atoms with van der Waals surface area (Å²) < 4.78 is 16.7. The van der Waals surface area contributed by atoms with Crippen LogP contribution in [0.4, 0.5) is 0 Å². The number of hydrogen-bond donors (Lipinski definition) is 1. The number of Topliss-reactive ketones (excluding diaryl/α,β-unsaturated/α-hetero) is 1. The zero-order chi connectivity index (χ0) is 26.4. The molecule has 0 bridgehead atoms. The lowest BCUT2D eigenvalue weighted by molar-refractivity contribution is -0.140. The zero-order valence-electron chi connectivity index (χ0n) is 21.4. The average Bonchev–Trinajstić information content (AvgIpc) is 3.16. The summed E-state index contributed by atoms with van der Waals surface area (Å²) in [5.41, 5.74) is 1.23. The van der Waals surface area contributed by atoms with Gasteiger partial charge in [0.2, 0.25) is 0 Å². The number of likely N-dealkylation sites (tertiary alicyclic amines) is 1. The highest BCUT2D eigenvalue weighted by Gasteiger charge is 2.46. The van der Waals surface area contributed by atoms with Crippen molar-refractivity contribution in [1.82, 2.24) is 9.80 Å². The number of rotatable bonds is 10. The summed E-state index contributed by atoms with van der Waals surface area (Å²) in [6, 6.07) is 13.4. The third-order valence-electron chi connectivity index (χ3n) is 6.36. The fourth-order valence-corrected chi connectivity index (χ4v) is 4.55. The monoisotopic (exact) mass is 506 g/mol. The van der Waals surface area contributed by atoms with Crippen molar-refractivity contribution in [1.29, 1.82) is 0 Å². The fraction of sp³-hybridized carbons (Fsp3) is 0.379. The van der Waals surface area contributed by atoms with Crippen molar-refractivity contribution in [3.05, 3.63) is 77.9 Å². The molecule has 2 fully saturated rings. The Morgan fingerprint density at radius 3 is 2.32 bits per heavy atom. The second-order valence-corrected chi connectivity index (χ2v) is 9.31. The maximum absolute atomic E-state index is 13.3. The lowest BCUT2D eigenvalue weighted by Gasteiger charge is -2.31. The first-order chi connectivity index (χ1) is 17.9. The van der Waals surface area contributed by atoms with Crippen molar-refractivity contribution < 1.29 is 28.9 Å². The summed E-state index contributed by atoms with van der Waals surface area (Å²) in [7, 11) is 0. The normalized spacial score (nSPS) is 19.9. The molecule has 8 heteroatoms. The lowest BCUT2D eigenvalue weighted by atomic mass is 9.95. The molecule has 2 saturated heterocycles. The molecule has 2 aromatic rings. The molecule has 2 aromatic carbocycles. The van der Waals surface area contributed by atoms with Crippen LogP contribution in [-0.4, -0.2) is 78.7 Å². The molecule has 0 radical (unpaired) electrons. The average molecular weight is 507 g/mol. The Hall–Kier alpha value is -3.62. The second kappa shape index (κ2) is 12.1. The van der Waals surface area contributed by atoms with Crippen LogP contribution < -0.4 is 9.47 Å². The molecule has 0 aliphatic carbocycles. The van der Waals surface area contributed by atoms with Gasteiger partial charge in [-0.25, -0.2) is 0 Å². The lowest BCUT2D eigenvalue weighted by Crippen LogP contribution is -2.42. The Kier molecular flexibility index (Phi) is 8.63. The first-order valence-electron chi connectivity index (χ1n) is 12.6. The highest BCUT2D eigenvalue weighted by atomic mass is 16.5. The SMILES string of the molecule is C=CCOc1ccc(/C(O)=C2\C(=O)C(=O)N(CCN3CCOCC3)C2c2ccc(OC(C)C)cc2)cc1. The number of ketones is 1. The van der Waals surface area contributed by atoms with E-state index in [4.69, 9.17) is 14.2 Å². The van der Waals surface area contributed by atoms with Crippen LogP contribution in [0.1, 0.15) is 31.0 Å². The van der Waals surface area contributed by atoms with Crippen LogP contribution in [0.25, 0.3) is 5.76 Å². The molecule has 0 aromatic heterocycles. The maximum atomic E-state index is 13.3. The number of carbonyl (C=O) groups excluding carboxylic acids is 2. The van der Waals surface area contributed by atoms with Crippen molar-refractivity contribution in [3.8, 4) is 11.5 Å². The van der Waals surface area contributed by atoms with Gasteiger partial charge in [0.15, 0.2) is 0 Å². The molecule has 196 valence electrons. The van der Waals surface area contributed by atoms with Crippen LogP contribution >= 0.6 is 0 Å². The fourth-order valence-electron chi connectivity index (χ4n) is 4.55. The number of carbonyl (C=O) groups is 2. The van der Waals surface area contributed by atoms with Crippen molar-refractivity contribution in [2.45, 2.75) is 26.0 Å². The molecule has 2 heterocycles. The molecule has 4 rings (SSSR count). The molecule has 2 aliphatic rings. The van der Waals surface area contributed by atoms with E-state index in [2.05, 4.69) is 11.5 Å². The van der Waals surface area contributed by atoms with Crippen LogP contribution in [0.15, 0.2) is 66.8 Å². The van der Waals surface area contributed by atoms with E-state index in [1.807, 2.05) is 38.1 Å². The van der Waals surface area contributed by atoms with Gasteiger partial charge in [-0.3, -0.25) is 14.5 Å². The van der Waals surface area contributed by atoms with E-state index in [0.717, 1.165) is 18.7 Å². The Balaban J connectivity index is 1.68. The van der Waals surface area contributed by atoms with E-state index >= 15 is 0 Å². The van der Waals surface area contributed by atoms with E-state index in [1.54, 1.807) is 35.2 Å². The Morgan fingerprint density at radius 1 is 1.05 bits per heavy atom. The van der Waals surface area contributed by atoms with Gasteiger partial charge in [-0.15, -0.1) is 0 Å². The predicted octanol–water partition coefficient (Wildman–Crippen LogP) is 3.79. The van der Waals surface area contributed by atoms with Gasteiger partial charge in [0.25, 0.3) is 11.7 Å². The van der Waals surface area contributed by atoms with E-state index in [-0.39, 0.29) is 17.4 Å². The van der Waals surface area contributed by atoms with Crippen LogP contribution in [0.5, 0.6) is 11.5 Å². The number of nitrogens with zero attached hydrogens (tertiary/aromatic N) is 2. The molecule has 1 N–H and O–H groups in total. The minimum atomic E-state index is -0.717. The summed E-state index contributed by atoms with van der Waals surface area (Å²) in [5, 5.41) is 11.3. The third kappa shape index (κ3) is 6.21. The highest BCUT2D eigenvalue weighted by Crippen LogP contribution is 2.40. The Labute approximate surface area is 217 Å². The van der Waals surface area contributed by atoms with Crippen LogP contribution in [0, 0.1) is 0 Å². The molecule has 0 saturated carbocycles. The first kappa shape index (κ1) is 26.4. The molecule has 1 atom stereocenters. The maximum Gasteiger partial charge on any atom is 0.295 e. The molecule has 2 aliphatic heterocycles. The largest absolute Gasteiger partial charge is 0.507 e. The minimum Gasteiger partial charge on any atom is -0.507 e. The van der Waals surface area contributed by atoms with Gasteiger partial charge < -0.3 is 24.2 Å². The molecule has 37 heavy (non-hydrogen) atoms. The highest BCUT2D eigenvalue weighted by molar-refractivity contribution is 6.46. The third-order valence-corrected chi connectivity index (χ3v) is 6.36. The number of aliphatic hydroxyl groups excluding tert-OH is 1. The summed E-state index contributed by atoms with van der Waals surface area (Å²) >= 11 is 0. The molecule has 0 spiro atoms. The van der Waals surface area contributed by atoms with E-state index in [9.17, 15) is 14.7 Å². The summed E-state index contributed by atoms with van der Waals surface area (Å²) in [6.07, 6.45) is 1.66. The van der Waals surface area contributed by atoms with E-state index in [0.29, 0.717) is 50.0 Å². The minimum absolute atomic E-state index is 0.0171. The Bertz CT molecular complexity index is 1130. The molecule has 1 unspecified atom stereocenters. The van der Waals surface area contributed by atoms with E-state index in [1.165, 1.54) is 0 Å². The van der Waals surface area contributed by atoms with Crippen molar-refractivity contribution in [2.75, 3.05) is 46.0 Å². The predicted molar refractivity (Wildman–Crippen MR) is 141 cm³/mol. The van der Waals surface area contributed by atoms with Gasteiger partial charge in [-0.1, -0.05) is 24.8 Å². The van der Waals surface area contributed by atoms with Gasteiger partial charge >= 0.3 is 0 Å². The Morgan fingerprint density at radius 2 is 1.70 bits per heavy atom. The number of morpholine rings is 1. The topological polar surface area (TPSA) is 88.5 Å². The first-order valence-corrected chi connectivity index (χ1v) is 12.6. The number of aliphatic hydroxyl groups is 1. The number of ether oxygens (including phenoxy) is 3. The number of benzene rings is 2. The number of amides is 1. The van der Waals surface area contributed by atoms with Crippen LogP contribution in [-0.2, 0) is 14.3 Å². The van der Waals surface area contributed by atoms with Gasteiger partial charge in [0.1, 0.15) is 23.9 Å². The molecule has 1 amide bonds. The molecular weight excluding hydrogens is 472 g/mol. The zero-order valence-corrected chi connectivity index (χ0v) is 21.4. The summed E-state index contributed by atoms with van der Waals surface area (Å²) in [5.74, 6) is -0.221. The standard InChI is InChI=1S/C29H34N2O6/c1-4-17-36-23-9-7-22(8-10-23)27(32)25-26(21-5-11-24(12-6-21)37-20(2)3)31(29(34)28(25)33)14-13-30-15-18-35-19-16-30/h4-12,20,26,32H,1,13-19H2,2-3H3/b27-25+. The quantitative estimate of drug-likeness (QED) is 0.227. The van der Waals surface area contributed by atoms with Gasteiger partial charge in [-0.2, -0.15) is 0 Å². The number of hydrogen-bond acceptors (Lipinski definition) is 7. The van der Waals surface area contributed by atoms with Gasteiger partial charge in [0, 0.05) is 31.7 Å². The van der Waals surface area contributed by atoms with Crippen molar-refractivity contribution >= 4 is 17.4 Å². The summed E-state index contributed by atoms with van der Waals surface area (Å²) in [4.78, 5) is 30.3. The summed E-state index contributed by atoms with van der Waals surface area (Å²) in [6.45, 7) is 11.7. The van der Waals surface area contributed by atoms with Gasteiger partial charge in [0.05, 0.1) is 30.9 Å². The molecule has 8 nitrogen and oxygen atoms in total. The second-order valence-electron chi connectivity index (χ2n) is 9.31. The van der Waals surface area contributed by atoms with Crippen LogP contribution in [0.2, 0.25) is 0 Å². The van der Waals surface area contributed by atoms with Crippen molar-refractivity contribution in [3.63, 3.8) is 0 Å². The van der Waals surface area contributed by atoms with Gasteiger partial charge in [-0.05, 0) is 55.8 Å².